The molecule has 1 saturated carbocycles. The second-order valence-electron chi connectivity index (χ2n) is 6.69. The zero-order chi connectivity index (χ0) is 12.4. The van der Waals surface area contributed by atoms with E-state index in [-0.39, 0.29) is 11.7 Å². The predicted molar refractivity (Wildman–Crippen MR) is 69.4 cm³/mol. The van der Waals surface area contributed by atoms with E-state index in [0.29, 0.717) is 12.0 Å². The average Bonchev–Trinajstić information content (AvgIpc) is 2.16. The van der Waals surface area contributed by atoms with Crippen LogP contribution in [0.4, 0.5) is 0 Å². The maximum Gasteiger partial charge on any atom is 0.0807 e. The molecule has 0 radical (unpaired) electrons. The Morgan fingerprint density at radius 3 is 2.06 bits per heavy atom. The lowest BCUT2D eigenvalue weighted by molar-refractivity contribution is -0.107. The molecule has 1 rings (SSSR count). The molecule has 0 spiro atoms. The van der Waals surface area contributed by atoms with Crippen LogP contribution in [-0.2, 0) is 4.74 Å². The summed E-state index contributed by atoms with van der Waals surface area (Å²) in [5.74, 6) is 0.822. The zero-order valence-electron chi connectivity index (χ0n) is 11.7. The first kappa shape index (κ1) is 14.0. The Morgan fingerprint density at radius 2 is 1.75 bits per heavy atom. The van der Waals surface area contributed by atoms with E-state index >= 15 is 0 Å². The van der Waals surface area contributed by atoms with Crippen LogP contribution in [-0.4, -0.2) is 18.2 Å². The van der Waals surface area contributed by atoms with Crippen molar-refractivity contribution in [1.82, 2.24) is 0 Å². The van der Waals surface area contributed by atoms with Gasteiger partial charge in [-0.1, -0.05) is 20.8 Å². The summed E-state index contributed by atoms with van der Waals surface area (Å²) >= 11 is 0. The van der Waals surface area contributed by atoms with Crippen molar-refractivity contribution < 1.29 is 4.74 Å². The summed E-state index contributed by atoms with van der Waals surface area (Å²) in [6.45, 7) is 11.9. The van der Waals surface area contributed by atoms with Crippen molar-refractivity contribution >= 4 is 0 Å². The molecule has 0 aromatic heterocycles. The molecule has 0 aromatic rings. The van der Waals surface area contributed by atoms with Gasteiger partial charge in [0.1, 0.15) is 0 Å². The smallest absolute Gasteiger partial charge is 0.0807 e. The van der Waals surface area contributed by atoms with Crippen molar-refractivity contribution in [2.75, 3.05) is 6.54 Å². The van der Waals surface area contributed by atoms with Gasteiger partial charge in [0.05, 0.1) is 11.7 Å². The van der Waals surface area contributed by atoms with Crippen LogP contribution >= 0.6 is 0 Å². The highest BCUT2D eigenvalue weighted by Gasteiger charge is 2.39. The monoisotopic (exact) mass is 227 g/mol. The summed E-state index contributed by atoms with van der Waals surface area (Å²) in [6, 6.07) is 0. The van der Waals surface area contributed by atoms with Gasteiger partial charge in [-0.25, -0.2) is 0 Å². The Bertz CT molecular complexity index is 209. The molecule has 16 heavy (non-hydrogen) atoms. The highest BCUT2D eigenvalue weighted by Crippen LogP contribution is 2.42. The van der Waals surface area contributed by atoms with E-state index in [2.05, 4.69) is 34.6 Å². The van der Waals surface area contributed by atoms with E-state index in [1.165, 1.54) is 12.8 Å². The van der Waals surface area contributed by atoms with Gasteiger partial charge in [-0.2, -0.15) is 0 Å². The lowest BCUT2D eigenvalue weighted by Gasteiger charge is -2.44. The Labute approximate surface area is 101 Å². The van der Waals surface area contributed by atoms with Crippen LogP contribution in [0.1, 0.15) is 60.3 Å². The van der Waals surface area contributed by atoms with Crippen LogP contribution in [0, 0.1) is 11.3 Å². The van der Waals surface area contributed by atoms with Gasteiger partial charge in [0.25, 0.3) is 0 Å². The molecule has 0 amide bonds. The largest absolute Gasteiger partial charge is 0.371 e. The zero-order valence-corrected chi connectivity index (χ0v) is 11.7. The van der Waals surface area contributed by atoms with E-state index in [9.17, 15) is 0 Å². The predicted octanol–water partition coefficient (Wildman–Crippen LogP) is 3.35. The third-order valence-electron chi connectivity index (χ3n) is 3.98. The van der Waals surface area contributed by atoms with Crippen molar-refractivity contribution in [2.24, 2.45) is 17.1 Å². The van der Waals surface area contributed by atoms with E-state index in [1.807, 2.05) is 0 Å². The summed E-state index contributed by atoms with van der Waals surface area (Å²) < 4.78 is 6.06. The molecule has 0 aliphatic heterocycles. The van der Waals surface area contributed by atoms with Crippen molar-refractivity contribution in [2.45, 2.75) is 72.0 Å². The Kier molecular flexibility index (Phi) is 4.42. The topological polar surface area (TPSA) is 35.2 Å². The summed E-state index contributed by atoms with van der Waals surface area (Å²) in [5.41, 5.74) is 6.31. The van der Waals surface area contributed by atoms with Gasteiger partial charge < -0.3 is 10.5 Å². The van der Waals surface area contributed by atoms with Crippen LogP contribution in [0.3, 0.4) is 0 Å². The summed E-state index contributed by atoms with van der Waals surface area (Å²) in [5, 5.41) is 0. The number of hydrogen-bond donors (Lipinski definition) is 1. The highest BCUT2D eigenvalue weighted by atomic mass is 16.5. The lowest BCUT2D eigenvalue weighted by Crippen LogP contribution is -2.46. The molecule has 2 nitrogen and oxygen atoms in total. The lowest BCUT2D eigenvalue weighted by atomic mass is 9.68. The van der Waals surface area contributed by atoms with E-state index in [0.717, 1.165) is 18.8 Å². The van der Waals surface area contributed by atoms with E-state index < -0.39 is 0 Å². The fourth-order valence-corrected chi connectivity index (χ4v) is 2.88. The van der Waals surface area contributed by atoms with Crippen molar-refractivity contribution in [3.63, 3.8) is 0 Å². The first-order chi connectivity index (χ1) is 7.29. The average molecular weight is 227 g/mol. The molecule has 0 saturated heterocycles. The number of nitrogens with two attached hydrogens (primary N) is 1. The summed E-state index contributed by atoms with van der Waals surface area (Å²) in [6.07, 6.45) is 5.06. The van der Waals surface area contributed by atoms with Crippen LogP contribution in [0.25, 0.3) is 0 Å². The Balaban J connectivity index is 2.57. The standard InChI is InChI=1S/C14H29NO/c1-11(2)16-14(10-15)8-6-12(7-9-14)13(3,4)5/h11-12H,6-10,15H2,1-5H3. The SMILES string of the molecule is CC(C)OC1(CN)CCC(C(C)(C)C)CC1. The molecule has 1 aliphatic rings. The molecule has 2 N–H and O–H groups in total. The molecule has 2 heteroatoms. The second kappa shape index (κ2) is 5.05. The molecule has 0 aromatic carbocycles. The second-order valence-corrected chi connectivity index (χ2v) is 6.69. The minimum Gasteiger partial charge on any atom is -0.371 e. The third-order valence-corrected chi connectivity index (χ3v) is 3.98. The summed E-state index contributed by atoms with van der Waals surface area (Å²) in [7, 11) is 0. The quantitative estimate of drug-likeness (QED) is 0.802. The van der Waals surface area contributed by atoms with Gasteiger partial charge in [-0.3, -0.25) is 0 Å². The molecule has 0 bridgehead atoms. The Hall–Kier alpha value is -0.0800. The van der Waals surface area contributed by atoms with E-state index in [4.69, 9.17) is 10.5 Å². The number of rotatable bonds is 3. The fourth-order valence-electron chi connectivity index (χ4n) is 2.88. The van der Waals surface area contributed by atoms with Crippen molar-refractivity contribution in [3.05, 3.63) is 0 Å². The molecule has 1 aliphatic carbocycles. The molecular weight excluding hydrogens is 198 g/mol. The maximum absolute atomic E-state index is 6.06. The Morgan fingerprint density at radius 1 is 1.25 bits per heavy atom. The molecule has 0 heterocycles. The van der Waals surface area contributed by atoms with E-state index in [1.54, 1.807) is 0 Å². The minimum absolute atomic E-state index is 0.0318. The minimum atomic E-state index is -0.0318. The van der Waals surface area contributed by atoms with Gasteiger partial charge in [-0.05, 0) is 50.9 Å². The van der Waals surface area contributed by atoms with Gasteiger partial charge in [0, 0.05) is 6.54 Å². The van der Waals surface area contributed by atoms with Crippen molar-refractivity contribution in [1.29, 1.82) is 0 Å². The van der Waals surface area contributed by atoms with Gasteiger partial charge in [0.2, 0.25) is 0 Å². The molecular formula is C14H29NO. The highest BCUT2D eigenvalue weighted by molar-refractivity contribution is 4.91. The number of ether oxygens (including phenoxy) is 1. The van der Waals surface area contributed by atoms with Crippen molar-refractivity contribution in [3.8, 4) is 0 Å². The molecule has 1 fully saturated rings. The fraction of sp³-hybridized carbons (Fsp3) is 1.00. The molecule has 0 atom stereocenters. The maximum atomic E-state index is 6.06. The van der Waals surface area contributed by atoms with Gasteiger partial charge in [0.15, 0.2) is 0 Å². The van der Waals surface area contributed by atoms with Crippen LogP contribution in [0.15, 0.2) is 0 Å². The van der Waals surface area contributed by atoms with Crippen LogP contribution < -0.4 is 5.73 Å². The molecule has 96 valence electrons. The normalized spacial score (nSPS) is 32.1. The molecule has 0 unspecified atom stereocenters. The van der Waals surface area contributed by atoms with Gasteiger partial charge in [-0.15, -0.1) is 0 Å². The third kappa shape index (κ3) is 3.46. The van der Waals surface area contributed by atoms with Crippen LogP contribution in [0.5, 0.6) is 0 Å². The number of hydrogen-bond acceptors (Lipinski definition) is 2. The first-order valence-corrected chi connectivity index (χ1v) is 6.67. The van der Waals surface area contributed by atoms with Gasteiger partial charge >= 0.3 is 0 Å². The first-order valence-electron chi connectivity index (χ1n) is 6.67. The van der Waals surface area contributed by atoms with Crippen LogP contribution in [0.2, 0.25) is 0 Å². The summed E-state index contributed by atoms with van der Waals surface area (Å²) in [4.78, 5) is 0.